The number of carbonyl (C=O) groups is 1. The molecule has 0 radical (unpaired) electrons. The summed E-state index contributed by atoms with van der Waals surface area (Å²) in [5.74, 6) is 1.32. The van der Waals surface area contributed by atoms with E-state index in [9.17, 15) is 35.1 Å². The summed E-state index contributed by atoms with van der Waals surface area (Å²) in [7, 11) is 0. The van der Waals surface area contributed by atoms with E-state index >= 15 is 0 Å². The van der Waals surface area contributed by atoms with Gasteiger partial charge in [0, 0.05) is 67.6 Å². The van der Waals surface area contributed by atoms with Gasteiger partial charge in [0.1, 0.15) is 79.1 Å². The van der Waals surface area contributed by atoms with Crippen molar-refractivity contribution in [1.29, 1.82) is 0 Å². The fourth-order valence-corrected chi connectivity index (χ4v) is 10.5. The summed E-state index contributed by atoms with van der Waals surface area (Å²) in [5, 5.41) is 58.3. The average molecular weight is 816 g/mol. The molecule has 1 saturated heterocycles. The Hall–Kier alpha value is -4.36. The second-order valence-corrected chi connectivity index (χ2v) is 17.2. The fourth-order valence-electron chi connectivity index (χ4n) is 10.5. The van der Waals surface area contributed by atoms with Crippen LogP contribution in [0, 0.1) is 18.8 Å². The molecule has 9 rings (SSSR count). The smallest absolute Gasteiger partial charge is 0.222 e. The lowest BCUT2D eigenvalue weighted by atomic mass is 9.68. The van der Waals surface area contributed by atoms with E-state index in [0.717, 1.165) is 46.8 Å². The van der Waals surface area contributed by atoms with Crippen LogP contribution < -0.4 is 25.3 Å². The van der Waals surface area contributed by atoms with Gasteiger partial charge < -0.3 is 40.0 Å². The summed E-state index contributed by atoms with van der Waals surface area (Å²) >= 11 is 0. The van der Waals surface area contributed by atoms with Crippen molar-refractivity contribution in [1.82, 2.24) is 5.32 Å². The lowest BCUT2D eigenvalue weighted by Crippen LogP contribution is -3.11. The van der Waals surface area contributed by atoms with Gasteiger partial charge in [0.25, 0.3) is 0 Å². The van der Waals surface area contributed by atoms with E-state index in [2.05, 4.69) is 28.4 Å². The van der Waals surface area contributed by atoms with Crippen LogP contribution in [0.3, 0.4) is 0 Å². The van der Waals surface area contributed by atoms with E-state index in [4.69, 9.17) is 18.9 Å². The van der Waals surface area contributed by atoms with Gasteiger partial charge in [-0.3, -0.25) is 29.4 Å². The van der Waals surface area contributed by atoms with Gasteiger partial charge in [-0.1, -0.05) is 6.92 Å². The van der Waals surface area contributed by atoms with Gasteiger partial charge in [0.2, 0.25) is 17.2 Å². The van der Waals surface area contributed by atoms with Gasteiger partial charge in [-0.2, -0.15) is 0 Å². The van der Waals surface area contributed by atoms with Crippen molar-refractivity contribution < 1.29 is 59.1 Å². The number of hydrogen-bond acceptors (Lipinski definition) is 13. The van der Waals surface area contributed by atoms with E-state index in [-0.39, 0.29) is 42.2 Å². The highest BCUT2D eigenvalue weighted by atomic mass is 17.2. The summed E-state index contributed by atoms with van der Waals surface area (Å²) in [6, 6.07) is 3.26. The minimum atomic E-state index is -2.35. The lowest BCUT2D eigenvalue weighted by molar-refractivity contribution is -0.856. The number of fused-ring (bicyclic) bond motifs is 4. The zero-order valence-electron chi connectivity index (χ0n) is 33.2. The van der Waals surface area contributed by atoms with Gasteiger partial charge in [-0.05, 0) is 56.6 Å². The fraction of sp³-hybridized carbons (Fsp3) is 0.535. The third-order valence-corrected chi connectivity index (χ3v) is 13.6. The summed E-state index contributed by atoms with van der Waals surface area (Å²) in [6.07, 6.45) is 9.19. The molecular weight excluding hydrogens is 762 g/mol. The SMILES string of the molecule is CCC1C2=CC=NC2=C[NH+]1c1c2c(cc3c(=O)cc(C)oc13)C[C@@H](OOC[C@H](O)[C@](O)(C[NH+]1CC=C3N=CC=C31)[C@H](O)[C@H](O)CO)[C@]1(CCC[C@@H]([C@@H]3CNC(=O)C3)C1)O2. The molecule has 16 nitrogen and oxygen atoms in total. The summed E-state index contributed by atoms with van der Waals surface area (Å²) < 4.78 is 13.8. The number of quaternary nitrogens is 2. The Morgan fingerprint density at radius 2 is 1.92 bits per heavy atom. The average Bonchev–Trinajstić information content (AvgIpc) is 4.07. The number of benzene rings is 1. The molecule has 1 saturated carbocycles. The molecule has 8 N–H and O–H groups in total. The van der Waals surface area contributed by atoms with Crippen molar-refractivity contribution in [3.05, 3.63) is 80.8 Å². The predicted molar refractivity (Wildman–Crippen MR) is 213 cm³/mol. The number of aryl methyl sites for hydroxylation is 1. The Balaban J connectivity index is 1.06. The van der Waals surface area contributed by atoms with Crippen LogP contribution in [0.15, 0.2) is 78.4 Å². The number of amides is 1. The van der Waals surface area contributed by atoms with Crippen LogP contribution in [0.4, 0.5) is 5.69 Å². The number of carbonyl (C=O) groups excluding carboxylic acids is 1. The van der Waals surface area contributed by atoms with Gasteiger partial charge in [-0.25, -0.2) is 9.78 Å². The molecule has 16 heteroatoms. The molecule has 1 aliphatic carbocycles. The number of aliphatic hydroxyl groups is 5. The van der Waals surface area contributed by atoms with Gasteiger partial charge >= 0.3 is 0 Å². The molecule has 1 aromatic carbocycles. The quantitative estimate of drug-likeness (QED) is 0.0919. The lowest BCUT2D eigenvalue weighted by Gasteiger charge is -2.49. The number of aliphatic hydroxyl groups excluding tert-OH is 4. The Morgan fingerprint density at radius 1 is 1.10 bits per heavy atom. The van der Waals surface area contributed by atoms with Crippen LogP contribution in [0.5, 0.6) is 5.75 Å². The van der Waals surface area contributed by atoms with Crippen molar-refractivity contribution in [3.63, 3.8) is 0 Å². The Morgan fingerprint density at radius 3 is 2.69 bits per heavy atom. The van der Waals surface area contributed by atoms with Crippen LogP contribution in [0.2, 0.25) is 0 Å². The topological polar surface area (TPSA) is 222 Å². The highest BCUT2D eigenvalue weighted by molar-refractivity contribution is 5.90. The third kappa shape index (κ3) is 6.93. The molecule has 1 amide bonds. The first-order valence-electron chi connectivity index (χ1n) is 20.8. The molecule has 2 aromatic rings. The van der Waals surface area contributed by atoms with Gasteiger partial charge in [0.15, 0.2) is 22.5 Å². The first-order chi connectivity index (χ1) is 28.4. The number of ether oxygens (including phenoxy) is 1. The van der Waals surface area contributed by atoms with Crippen LogP contribution in [0.1, 0.15) is 56.8 Å². The van der Waals surface area contributed by atoms with E-state index in [0.29, 0.717) is 71.0 Å². The number of nitrogens with one attached hydrogen (secondary N) is 3. The zero-order valence-corrected chi connectivity index (χ0v) is 33.2. The Labute approximate surface area is 340 Å². The van der Waals surface area contributed by atoms with Crippen LogP contribution in [0.25, 0.3) is 11.0 Å². The minimum Gasteiger partial charge on any atom is -0.478 e. The normalized spacial score (nSPS) is 31.8. The van der Waals surface area contributed by atoms with E-state index < -0.39 is 48.8 Å². The number of allylic oxidation sites excluding steroid dienone is 2. The number of rotatable bonds is 13. The van der Waals surface area contributed by atoms with Crippen molar-refractivity contribution >= 4 is 35.0 Å². The first kappa shape index (κ1) is 40.1. The molecule has 11 atom stereocenters. The number of aliphatic imine (C=N–C) groups is 2. The van der Waals surface area contributed by atoms with Crippen LogP contribution >= 0.6 is 0 Å². The van der Waals surface area contributed by atoms with Crippen LogP contribution in [-0.4, -0.2) is 118 Å². The predicted octanol–water partition coefficient (Wildman–Crippen LogP) is -0.864. The third-order valence-electron chi connectivity index (χ3n) is 13.6. The number of nitrogens with zero attached hydrogens (tertiary/aromatic N) is 2. The molecule has 1 spiro atoms. The number of hydrogen-bond donors (Lipinski definition) is 8. The van der Waals surface area contributed by atoms with Crippen molar-refractivity contribution in [2.45, 2.75) is 100 Å². The second-order valence-electron chi connectivity index (χ2n) is 17.2. The molecule has 314 valence electrons. The van der Waals surface area contributed by atoms with E-state index in [1.54, 1.807) is 31.5 Å². The monoisotopic (exact) mass is 815 g/mol. The maximum Gasteiger partial charge on any atom is 0.222 e. The molecule has 3 unspecified atom stereocenters. The maximum atomic E-state index is 13.7. The highest BCUT2D eigenvalue weighted by Gasteiger charge is 2.55. The second kappa shape index (κ2) is 15.6. The minimum absolute atomic E-state index is 0.0123. The molecular formula is C43H53N5O11+2. The molecule has 1 aromatic heterocycles. The Bertz CT molecular complexity index is 2280. The van der Waals surface area contributed by atoms with Gasteiger partial charge in [-0.15, -0.1) is 0 Å². The summed E-state index contributed by atoms with van der Waals surface area (Å²) in [4.78, 5) is 48.8. The van der Waals surface area contributed by atoms with Crippen LogP contribution in [-0.2, 0) is 21.0 Å². The van der Waals surface area contributed by atoms with Crippen molar-refractivity contribution in [3.8, 4) is 5.75 Å². The Kier molecular flexibility index (Phi) is 10.6. The molecule has 7 aliphatic rings. The molecule has 2 fully saturated rings. The summed E-state index contributed by atoms with van der Waals surface area (Å²) in [6.45, 7) is 3.17. The molecule has 59 heavy (non-hydrogen) atoms. The molecule has 6 aliphatic heterocycles. The summed E-state index contributed by atoms with van der Waals surface area (Å²) in [5.41, 5.74) is 1.83. The van der Waals surface area contributed by atoms with Gasteiger partial charge in [0.05, 0.1) is 12.0 Å². The zero-order chi connectivity index (χ0) is 41.2. The van der Waals surface area contributed by atoms with Crippen molar-refractivity contribution in [2.24, 2.45) is 21.8 Å². The molecule has 0 bridgehead atoms. The highest BCUT2D eigenvalue weighted by Crippen LogP contribution is 2.51. The molecule has 7 heterocycles. The van der Waals surface area contributed by atoms with Crippen molar-refractivity contribution in [2.75, 3.05) is 32.8 Å². The first-order valence-corrected chi connectivity index (χ1v) is 20.8. The largest absolute Gasteiger partial charge is 0.478 e. The van der Waals surface area contributed by atoms with E-state index in [1.807, 2.05) is 12.2 Å². The maximum absolute atomic E-state index is 13.7. The van der Waals surface area contributed by atoms with E-state index in [1.165, 1.54) is 6.07 Å². The standard InChI is InChI=1S/C43H51N5O11/c1-3-31-27-6-10-45-30(27)19-48(31)38-39-25(14-28-33(50)13-23(2)57-40(28)38)15-36(42(58-39)9-4-5-24(17-42)26-16-37(53)46-18-26)59-56-21-35(52)43(55,41(54)34(51)20-49)22-47-12-8-29-32(47)7-11-44-29/h6-8,10-11,13-14,19,24,26,31,34-36,41,49,51-52,54-55H,3-5,9,12,15-18,20-22H2,1-2H3,(H,46,53)/p+2/t24-,26+,31?,34-,35+,36-,41-,42-,43-/m1/s1.